The van der Waals surface area contributed by atoms with Crippen LogP contribution in [0, 0.1) is 6.92 Å². The van der Waals surface area contributed by atoms with Crippen molar-refractivity contribution in [2.45, 2.75) is 50.8 Å². The summed E-state index contributed by atoms with van der Waals surface area (Å²) in [4.78, 5) is 12.9. The van der Waals surface area contributed by atoms with Crippen molar-refractivity contribution in [1.82, 2.24) is 5.43 Å². The smallest absolute Gasteiger partial charge is 0.264 e. The second-order valence-corrected chi connectivity index (χ2v) is 11.1. The Kier molecular flexibility index (Phi) is 11.2. The van der Waals surface area contributed by atoms with E-state index >= 15 is 0 Å². The van der Waals surface area contributed by atoms with Gasteiger partial charge in [0, 0.05) is 10.6 Å². The third-order valence-electron chi connectivity index (χ3n) is 5.88. The largest absolute Gasteiger partial charge is 0.493 e. The minimum absolute atomic E-state index is 0.0637. The molecule has 0 saturated carbocycles. The van der Waals surface area contributed by atoms with Crippen LogP contribution >= 0.6 is 11.6 Å². The topological polar surface area (TPSA) is 88.1 Å². The van der Waals surface area contributed by atoms with E-state index in [1.54, 1.807) is 30.3 Å². The van der Waals surface area contributed by atoms with Crippen molar-refractivity contribution in [2.75, 3.05) is 17.5 Å². The molecular formula is C29H34ClN3O4S. The number of sulfonamides is 1. The SMILES string of the molecule is CCCCCCCOc1ccccc1/C=N/NC(=O)CN(c1ccc(C)c(Cl)c1)S(=O)(=O)c1ccccc1. The van der Waals surface area contributed by atoms with Gasteiger partial charge in [0.1, 0.15) is 12.3 Å². The van der Waals surface area contributed by atoms with Crippen LogP contribution in [0.25, 0.3) is 0 Å². The van der Waals surface area contributed by atoms with Crippen LogP contribution in [0.4, 0.5) is 5.69 Å². The van der Waals surface area contributed by atoms with Crippen molar-refractivity contribution in [3.8, 4) is 5.75 Å². The molecule has 0 aliphatic heterocycles. The van der Waals surface area contributed by atoms with E-state index in [-0.39, 0.29) is 10.6 Å². The van der Waals surface area contributed by atoms with Crippen molar-refractivity contribution >= 4 is 39.4 Å². The maximum Gasteiger partial charge on any atom is 0.264 e. The average Bonchev–Trinajstić information content (AvgIpc) is 2.92. The van der Waals surface area contributed by atoms with Crippen LogP contribution in [0.2, 0.25) is 5.02 Å². The molecule has 3 aromatic carbocycles. The van der Waals surface area contributed by atoms with Gasteiger partial charge < -0.3 is 4.74 Å². The number of rotatable bonds is 14. The number of anilines is 1. The van der Waals surface area contributed by atoms with Crippen molar-refractivity contribution in [3.63, 3.8) is 0 Å². The van der Waals surface area contributed by atoms with E-state index in [4.69, 9.17) is 16.3 Å². The molecule has 0 aliphatic rings. The first-order valence-corrected chi connectivity index (χ1v) is 14.5. The lowest BCUT2D eigenvalue weighted by Gasteiger charge is -2.24. The fraction of sp³-hybridized carbons (Fsp3) is 0.310. The molecule has 0 saturated heterocycles. The Morgan fingerprint density at radius 3 is 2.45 bits per heavy atom. The van der Waals surface area contributed by atoms with E-state index in [1.165, 1.54) is 43.7 Å². The van der Waals surface area contributed by atoms with Crippen molar-refractivity contribution in [1.29, 1.82) is 0 Å². The molecule has 0 fully saturated rings. The number of unbranched alkanes of at least 4 members (excludes halogenated alkanes) is 4. The first-order chi connectivity index (χ1) is 18.3. The Balaban J connectivity index is 1.70. The van der Waals surface area contributed by atoms with Crippen molar-refractivity contribution in [2.24, 2.45) is 5.10 Å². The van der Waals surface area contributed by atoms with E-state index in [0.29, 0.717) is 22.9 Å². The molecule has 0 spiro atoms. The Morgan fingerprint density at radius 1 is 1.00 bits per heavy atom. The molecule has 0 aromatic heterocycles. The lowest BCUT2D eigenvalue weighted by atomic mass is 10.2. The number of ether oxygens (including phenoxy) is 1. The van der Waals surface area contributed by atoms with Gasteiger partial charge in [0.25, 0.3) is 15.9 Å². The van der Waals surface area contributed by atoms with E-state index in [1.807, 2.05) is 31.2 Å². The molecule has 9 heteroatoms. The number of hydrogen-bond donors (Lipinski definition) is 1. The zero-order chi connectivity index (χ0) is 27.4. The summed E-state index contributed by atoms with van der Waals surface area (Å²) in [6.45, 7) is 4.12. The fourth-order valence-electron chi connectivity index (χ4n) is 3.72. The zero-order valence-corrected chi connectivity index (χ0v) is 23.3. The van der Waals surface area contributed by atoms with Crippen LogP contribution < -0.4 is 14.5 Å². The van der Waals surface area contributed by atoms with E-state index < -0.39 is 22.5 Å². The molecule has 38 heavy (non-hydrogen) atoms. The van der Waals surface area contributed by atoms with Crippen LogP contribution in [0.15, 0.2) is 82.8 Å². The van der Waals surface area contributed by atoms with Crippen LogP contribution in [-0.2, 0) is 14.8 Å². The molecule has 0 aliphatic carbocycles. The van der Waals surface area contributed by atoms with Crippen molar-refractivity contribution in [3.05, 3.63) is 88.9 Å². The number of halogens is 1. The van der Waals surface area contributed by atoms with Gasteiger partial charge in [0.2, 0.25) is 0 Å². The molecule has 3 aromatic rings. The van der Waals surface area contributed by atoms with Gasteiger partial charge in [-0.1, -0.05) is 80.6 Å². The summed E-state index contributed by atoms with van der Waals surface area (Å²) in [5, 5.41) is 4.45. The average molecular weight is 556 g/mol. The van der Waals surface area contributed by atoms with E-state index in [9.17, 15) is 13.2 Å². The second-order valence-electron chi connectivity index (χ2n) is 8.85. The lowest BCUT2D eigenvalue weighted by Crippen LogP contribution is -2.39. The number of carbonyl (C=O) groups excluding carboxylic acids is 1. The van der Waals surface area contributed by atoms with E-state index in [0.717, 1.165) is 22.7 Å². The Hall–Kier alpha value is -3.36. The second kappa shape index (κ2) is 14.5. The minimum atomic E-state index is -4.04. The summed E-state index contributed by atoms with van der Waals surface area (Å²) in [7, 11) is -4.04. The molecule has 1 N–H and O–H groups in total. The highest BCUT2D eigenvalue weighted by molar-refractivity contribution is 7.92. The molecule has 202 valence electrons. The third kappa shape index (κ3) is 8.33. The summed E-state index contributed by atoms with van der Waals surface area (Å²) in [6.07, 6.45) is 7.19. The van der Waals surface area contributed by atoms with E-state index in [2.05, 4.69) is 17.5 Å². The monoisotopic (exact) mass is 555 g/mol. The number of amides is 1. The fourth-order valence-corrected chi connectivity index (χ4v) is 5.33. The van der Waals surface area contributed by atoms with Gasteiger partial charge >= 0.3 is 0 Å². The van der Waals surface area contributed by atoms with Crippen LogP contribution in [0.1, 0.15) is 50.2 Å². The standard InChI is InChI=1S/C29H34ClN3O4S/c1-3-4-5-6-12-19-37-28-16-11-10-13-24(28)21-31-32-29(34)22-33(25-18-17-23(2)27(30)20-25)38(35,36)26-14-8-7-9-15-26/h7-11,13-18,20-21H,3-6,12,19,22H2,1-2H3,(H,32,34)/b31-21+. The molecule has 0 heterocycles. The minimum Gasteiger partial charge on any atom is -0.493 e. The molecule has 3 rings (SSSR count). The first kappa shape index (κ1) is 29.2. The van der Waals surface area contributed by atoms with Gasteiger partial charge in [-0.3, -0.25) is 9.10 Å². The van der Waals surface area contributed by atoms with Gasteiger partial charge in [0.05, 0.1) is 23.4 Å². The number of para-hydroxylation sites is 1. The third-order valence-corrected chi connectivity index (χ3v) is 8.07. The van der Waals surface area contributed by atoms with Crippen LogP contribution in [-0.4, -0.2) is 33.7 Å². The first-order valence-electron chi connectivity index (χ1n) is 12.7. The predicted molar refractivity (Wildman–Crippen MR) is 154 cm³/mol. The van der Waals surface area contributed by atoms with Gasteiger partial charge in [-0.25, -0.2) is 13.8 Å². The summed E-state index contributed by atoms with van der Waals surface area (Å²) in [6, 6.07) is 20.2. The summed E-state index contributed by atoms with van der Waals surface area (Å²) < 4.78 is 33.8. The number of carbonyl (C=O) groups is 1. The number of hydrazone groups is 1. The normalized spacial score (nSPS) is 11.4. The zero-order valence-electron chi connectivity index (χ0n) is 21.8. The maximum atomic E-state index is 13.4. The summed E-state index contributed by atoms with van der Waals surface area (Å²) >= 11 is 6.27. The highest BCUT2D eigenvalue weighted by Gasteiger charge is 2.27. The highest BCUT2D eigenvalue weighted by Crippen LogP contribution is 2.28. The molecule has 0 unspecified atom stereocenters. The number of aryl methyl sites for hydroxylation is 1. The lowest BCUT2D eigenvalue weighted by molar-refractivity contribution is -0.119. The van der Waals surface area contributed by atoms with Gasteiger partial charge in [0.15, 0.2) is 0 Å². The van der Waals surface area contributed by atoms with Crippen molar-refractivity contribution < 1.29 is 17.9 Å². The number of benzene rings is 3. The van der Waals surface area contributed by atoms with Crippen LogP contribution in [0.5, 0.6) is 5.75 Å². The Morgan fingerprint density at radius 2 is 1.71 bits per heavy atom. The van der Waals surface area contributed by atoms with Gasteiger partial charge in [-0.2, -0.15) is 5.10 Å². The number of nitrogens with one attached hydrogen (secondary N) is 1. The predicted octanol–water partition coefficient (Wildman–Crippen LogP) is 6.34. The highest BCUT2D eigenvalue weighted by atomic mass is 35.5. The Bertz CT molecular complexity index is 1330. The molecule has 0 bridgehead atoms. The molecule has 0 radical (unpaired) electrons. The quantitative estimate of drug-likeness (QED) is 0.143. The summed E-state index contributed by atoms with van der Waals surface area (Å²) in [5.41, 5.74) is 4.22. The molecule has 7 nitrogen and oxygen atoms in total. The van der Waals surface area contributed by atoms with Gasteiger partial charge in [-0.15, -0.1) is 0 Å². The Labute approximate surface area is 230 Å². The number of hydrogen-bond acceptors (Lipinski definition) is 5. The molecule has 1 amide bonds. The molecular weight excluding hydrogens is 522 g/mol. The molecule has 0 atom stereocenters. The van der Waals surface area contributed by atoms with Crippen LogP contribution in [0.3, 0.4) is 0 Å². The van der Waals surface area contributed by atoms with Gasteiger partial charge in [-0.05, 0) is 55.3 Å². The number of nitrogens with zero attached hydrogens (tertiary/aromatic N) is 2. The summed E-state index contributed by atoms with van der Waals surface area (Å²) in [5.74, 6) is 0.0651. The maximum absolute atomic E-state index is 13.4.